The van der Waals surface area contributed by atoms with E-state index in [0.29, 0.717) is 12.2 Å². The summed E-state index contributed by atoms with van der Waals surface area (Å²) in [4.78, 5) is 17.4. The van der Waals surface area contributed by atoms with Crippen LogP contribution in [0.1, 0.15) is 17.0 Å². The Kier molecular flexibility index (Phi) is 7.56. The van der Waals surface area contributed by atoms with E-state index in [9.17, 15) is 4.79 Å². The smallest absolute Gasteiger partial charge is 0.233 e. The molecule has 35 heavy (non-hydrogen) atoms. The standard InChI is InChI=1S/C28H29N5OS/c34-27(32-18-16-31(17-19-32)21-24-12-6-2-7-13-24)22-35-28-30-29-26(20-23-10-4-1-5-11-23)33(28)25-14-8-3-9-15-25/h1-15H,16-22H2. The zero-order valence-corrected chi connectivity index (χ0v) is 20.5. The number of aromatic nitrogens is 3. The molecule has 0 unspecified atom stereocenters. The lowest BCUT2D eigenvalue weighted by Gasteiger charge is -2.34. The molecule has 1 aliphatic heterocycles. The van der Waals surface area contributed by atoms with E-state index in [2.05, 4.69) is 68.2 Å². The fraction of sp³-hybridized carbons (Fsp3) is 0.250. The predicted molar refractivity (Wildman–Crippen MR) is 140 cm³/mol. The number of carbonyl (C=O) groups excluding carboxylic acids is 1. The Morgan fingerprint density at radius 1 is 0.743 bits per heavy atom. The van der Waals surface area contributed by atoms with Crippen LogP contribution in [-0.2, 0) is 17.8 Å². The third kappa shape index (κ3) is 5.99. The molecule has 0 bridgehead atoms. The highest BCUT2D eigenvalue weighted by molar-refractivity contribution is 7.99. The van der Waals surface area contributed by atoms with Gasteiger partial charge in [0.1, 0.15) is 5.82 Å². The molecular formula is C28H29N5OS. The molecule has 6 nitrogen and oxygen atoms in total. The number of rotatable bonds is 8. The van der Waals surface area contributed by atoms with E-state index in [1.807, 2.05) is 47.4 Å². The first-order valence-electron chi connectivity index (χ1n) is 12.0. The number of amides is 1. The monoisotopic (exact) mass is 483 g/mol. The van der Waals surface area contributed by atoms with Crippen LogP contribution in [0.25, 0.3) is 5.69 Å². The van der Waals surface area contributed by atoms with Gasteiger partial charge in [-0.2, -0.15) is 0 Å². The summed E-state index contributed by atoms with van der Waals surface area (Å²) in [6.45, 7) is 4.25. The maximum Gasteiger partial charge on any atom is 0.233 e. The average molecular weight is 484 g/mol. The highest BCUT2D eigenvalue weighted by Crippen LogP contribution is 2.24. The second-order valence-corrected chi connectivity index (χ2v) is 9.61. The van der Waals surface area contributed by atoms with E-state index >= 15 is 0 Å². The molecule has 5 rings (SSSR count). The first-order valence-corrected chi connectivity index (χ1v) is 13.0. The third-order valence-electron chi connectivity index (χ3n) is 6.22. The molecule has 0 aliphatic carbocycles. The summed E-state index contributed by atoms with van der Waals surface area (Å²) in [6.07, 6.45) is 0.681. The molecular weight excluding hydrogens is 454 g/mol. The summed E-state index contributed by atoms with van der Waals surface area (Å²) in [6, 6.07) is 30.9. The maximum absolute atomic E-state index is 13.0. The molecule has 0 N–H and O–H groups in total. The van der Waals surface area contributed by atoms with Crippen LogP contribution in [0.4, 0.5) is 0 Å². The van der Waals surface area contributed by atoms with Crippen molar-refractivity contribution in [2.75, 3.05) is 31.9 Å². The van der Waals surface area contributed by atoms with E-state index < -0.39 is 0 Å². The fourth-order valence-corrected chi connectivity index (χ4v) is 5.21. The summed E-state index contributed by atoms with van der Waals surface area (Å²) in [7, 11) is 0. The van der Waals surface area contributed by atoms with Crippen LogP contribution >= 0.6 is 11.8 Å². The average Bonchev–Trinajstić information content (AvgIpc) is 3.31. The lowest BCUT2D eigenvalue weighted by Crippen LogP contribution is -2.48. The van der Waals surface area contributed by atoms with Crippen LogP contribution in [0.5, 0.6) is 0 Å². The Labute approximate surface area is 210 Å². The van der Waals surface area contributed by atoms with Crippen LogP contribution in [0.15, 0.2) is 96.2 Å². The highest BCUT2D eigenvalue weighted by atomic mass is 32.2. The molecule has 1 aliphatic rings. The van der Waals surface area contributed by atoms with E-state index in [1.54, 1.807) is 0 Å². The number of thioether (sulfide) groups is 1. The van der Waals surface area contributed by atoms with Crippen LogP contribution in [0.3, 0.4) is 0 Å². The molecule has 3 aromatic carbocycles. The number of nitrogens with zero attached hydrogens (tertiary/aromatic N) is 5. The van der Waals surface area contributed by atoms with Crippen LogP contribution in [0, 0.1) is 0 Å². The third-order valence-corrected chi connectivity index (χ3v) is 7.13. The van der Waals surface area contributed by atoms with Crippen molar-refractivity contribution in [2.45, 2.75) is 18.1 Å². The molecule has 178 valence electrons. The zero-order valence-electron chi connectivity index (χ0n) is 19.7. The van der Waals surface area contributed by atoms with E-state index in [4.69, 9.17) is 0 Å². The zero-order chi connectivity index (χ0) is 23.9. The Morgan fingerprint density at radius 3 is 2.00 bits per heavy atom. The van der Waals surface area contributed by atoms with Crippen molar-refractivity contribution in [1.82, 2.24) is 24.6 Å². The molecule has 2 heterocycles. The van der Waals surface area contributed by atoms with Gasteiger partial charge in [0, 0.05) is 44.8 Å². The van der Waals surface area contributed by atoms with E-state index in [1.165, 1.54) is 22.9 Å². The van der Waals surface area contributed by atoms with Gasteiger partial charge in [0.2, 0.25) is 5.91 Å². The van der Waals surface area contributed by atoms with E-state index in [0.717, 1.165) is 49.4 Å². The number of hydrogen-bond donors (Lipinski definition) is 0. The normalized spacial score (nSPS) is 14.2. The van der Waals surface area contributed by atoms with Gasteiger partial charge >= 0.3 is 0 Å². The SMILES string of the molecule is O=C(CSc1nnc(Cc2ccccc2)n1-c1ccccc1)N1CCN(Cc2ccccc2)CC1. The number of para-hydroxylation sites is 1. The minimum absolute atomic E-state index is 0.154. The summed E-state index contributed by atoms with van der Waals surface area (Å²) >= 11 is 1.46. The summed E-state index contributed by atoms with van der Waals surface area (Å²) in [5, 5.41) is 9.70. The largest absolute Gasteiger partial charge is 0.339 e. The van der Waals surface area contributed by atoms with Gasteiger partial charge in [0.15, 0.2) is 5.16 Å². The van der Waals surface area contributed by atoms with Gasteiger partial charge in [0.25, 0.3) is 0 Å². The lowest BCUT2D eigenvalue weighted by atomic mass is 10.1. The van der Waals surface area contributed by atoms with Crippen LogP contribution < -0.4 is 0 Å². The fourth-order valence-electron chi connectivity index (χ4n) is 4.34. The number of carbonyl (C=O) groups is 1. The topological polar surface area (TPSA) is 54.3 Å². The predicted octanol–water partition coefficient (Wildman–Crippen LogP) is 4.29. The Balaban J connectivity index is 1.22. The molecule has 0 saturated carbocycles. The van der Waals surface area contributed by atoms with Gasteiger partial charge in [-0.1, -0.05) is 90.6 Å². The lowest BCUT2D eigenvalue weighted by molar-refractivity contribution is -0.130. The molecule has 1 aromatic heterocycles. The molecule has 1 fully saturated rings. The van der Waals surface area contributed by atoms with Crippen molar-refractivity contribution in [2.24, 2.45) is 0 Å². The summed E-state index contributed by atoms with van der Waals surface area (Å²) in [5.41, 5.74) is 3.50. The van der Waals surface area contributed by atoms with Crippen LogP contribution in [0.2, 0.25) is 0 Å². The van der Waals surface area contributed by atoms with Crippen molar-refractivity contribution in [3.05, 3.63) is 108 Å². The van der Waals surface area contributed by atoms with Crippen molar-refractivity contribution in [3.63, 3.8) is 0 Å². The van der Waals surface area contributed by atoms with Gasteiger partial charge in [-0.05, 0) is 23.3 Å². The minimum atomic E-state index is 0.154. The van der Waals surface area contributed by atoms with Gasteiger partial charge in [0.05, 0.1) is 5.75 Å². The Bertz CT molecular complexity index is 1220. The van der Waals surface area contributed by atoms with Gasteiger partial charge < -0.3 is 4.90 Å². The first kappa shape index (κ1) is 23.3. The molecule has 7 heteroatoms. The van der Waals surface area contributed by atoms with Crippen molar-refractivity contribution < 1.29 is 4.79 Å². The second-order valence-electron chi connectivity index (χ2n) is 8.66. The number of hydrogen-bond acceptors (Lipinski definition) is 5. The van der Waals surface area contributed by atoms with Crippen molar-refractivity contribution in [1.29, 1.82) is 0 Å². The molecule has 1 saturated heterocycles. The van der Waals surface area contributed by atoms with E-state index in [-0.39, 0.29) is 5.91 Å². The quantitative estimate of drug-likeness (QED) is 0.350. The molecule has 4 aromatic rings. The second kappa shape index (κ2) is 11.3. The number of piperazine rings is 1. The van der Waals surface area contributed by atoms with Gasteiger partial charge in [-0.3, -0.25) is 14.3 Å². The van der Waals surface area contributed by atoms with Crippen molar-refractivity contribution in [3.8, 4) is 5.69 Å². The molecule has 0 radical (unpaired) electrons. The Hall–Kier alpha value is -3.42. The molecule has 0 spiro atoms. The van der Waals surface area contributed by atoms with Gasteiger partial charge in [-0.15, -0.1) is 10.2 Å². The maximum atomic E-state index is 13.0. The van der Waals surface area contributed by atoms with Gasteiger partial charge in [-0.25, -0.2) is 0 Å². The van der Waals surface area contributed by atoms with Crippen LogP contribution in [-0.4, -0.2) is 62.4 Å². The highest BCUT2D eigenvalue weighted by Gasteiger charge is 2.23. The first-order chi connectivity index (χ1) is 17.3. The Morgan fingerprint density at radius 2 is 1.34 bits per heavy atom. The van der Waals surface area contributed by atoms with Crippen molar-refractivity contribution >= 4 is 17.7 Å². The summed E-state index contributed by atoms with van der Waals surface area (Å²) in [5.74, 6) is 1.38. The minimum Gasteiger partial charge on any atom is -0.339 e. The number of benzene rings is 3. The molecule has 0 atom stereocenters. The molecule has 1 amide bonds. The summed E-state index contributed by atoms with van der Waals surface area (Å²) < 4.78 is 2.07.